The van der Waals surface area contributed by atoms with Crippen LogP contribution in [0.3, 0.4) is 0 Å². The number of halogens is 3. The lowest BCUT2D eigenvalue weighted by molar-refractivity contribution is 0.189. The van der Waals surface area contributed by atoms with Crippen LogP contribution in [0, 0.1) is 22.9 Å². The van der Waals surface area contributed by atoms with Crippen LogP contribution in [-0.2, 0) is 5.41 Å². The zero-order chi connectivity index (χ0) is 25.4. The summed E-state index contributed by atoms with van der Waals surface area (Å²) in [5, 5.41) is 26.3. The first-order chi connectivity index (χ1) is 17.1. The van der Waals surface area contributed by atoms with Gasteiger partial charge in [-0.2, -0.15) is 5.10 Å². The van der Waals surface area contributed by atoms with Crippen molar-refractivity contribution < 1.29 is 18.3 Å². The van der Waals surface area contributed by atoms with E-state index in [9.17, 15) is 13.9 Å². The highest BCUT2D eigenvalue weighted by atomic mass is 19.1. The Hall–Kier alpha value is -3.73. The normalized spacial score (nSPS) is 22.6. The molecule has 11 heteroatoms. The molecule has 1 aromatic carbocycles. The summed E-state index contributed by atoms with van der Waals surface area (Å²) in [6, 6.07) is 5.32. The molecular weight excluding hydrogens is 471 g/mol. The summed E-state index contributed by atoms with van der Waals surface area (Å²) in [5.74, 6) is -1.52. The van der Waals surface area contributed by atoms with Gasteiger partial charge < -0.3 is 10.1 Å². The highest BCUT2D eigenvalue weighted by Crippen LogP contribution is 2.69. The molecule has 4 aromatic rings. The molecule has 0 aliphatic heterocycles. The Kier molecular flexibility index (Phi) is 4.82. The fourth-order valence-corrected chi connectivity index (χ4v) is 6.06. The number of nitrogens with zero attached hydrogens (tertiary/aromatic N) is 6. The van der Waals surface area contributed by atoms with Crippen LogP contribution in [0.4, 0.5) is 13.2 Å². The Morgan fingerprint density at radius 3 is 2.47 bits per heavy atom. The smallest absolute Gasteiger partial charge is 0.199 e. The Balaban J connectivity index is 1.52. The van der Waals surface area contributed by atoms with E-state index in [-0.39, 0.29) is 40.3 Å². The molecule has 2 bridgehead atoms. The minimum absolute atomic E-state index is 0.0403. The molecule has 0 radical (unpaired) electrons. The van der Waals surface area contributed by atoms with E-state index >= 15 is 4.39 Å². The van der Waals surface area contributed by atoms with Gasteiger partial charge in [0.1, 0.15) is 17.7 Å². The molecule has 3 atom stereocenters. The van der Waals surface area contributed by atoms with E-state index in [1.165, 1.54) is 25.1 Å². The molecule has 1 saturated carbocycles. The highest BCUT2D eigenvalue weighted by molar-refractivity contribution is 5.64. The molecule has 6 rings (SSSR count). The van der Waals surface area contributed by atoms with Gasteiger partial charge in [-0.15, -0.1) is 15.3 Å². The van der Waals surface area contributed by atoms with Gasteiger partial charge in [-0.3, -0.25) is 0 Å². The monoisotopic (exact) mass is 493 g/mol. The first-order valence-electron chi connectivity index (χ1n) is 11.6. The minimum Gasteiger partial charge on any atom is -0.385 e. The van der Waals surface area contributed by atoms with Crippen LogP contribution in [0.1, 0.15) is 68.4 Å². The van der Waals surface area contributed by atoms with Crippen molar-refractivity contribution in [2.24, 2.45) is 5.41 Å². The zero-order valence-electron chi connectivity index (χ0n) is 19.7. The zero-order valence-corrected chi connectivity index (χ0v) is 19.7. The van der Waals surface area contributed by atoms with Gasteiger partial charge in [-0.1, -0.05) is 19.9 Å². The Bertz CT molecular complexity index is 1500. The number of benzene rings is 1. The first-order valence-corrected chi connectivity index (χ1v) is 11.6. The summed E-state index contributed by atoms with van der Waals surface area (Å²) in [5.41, 5.74) is -0.0930. The number of rotatable bonds is 4. The second kappa shape index (κ2) is 7.63. The summed E-state index contributed by atoms with van der Waals surface area (Å²) >= 11 is 0. The Morgan fingerprint density at radius 2 is 1.78 bits per heavy atom. The summed E-state index contributed by atoms with van der Waals surface area (Å²) in [7, 11) is 0. The van der Waals surface area contributed by atoms with E-state index in [2.05, 4.69) is 35.3 Å². The maximum Gasteiger partial charge on any atom is 0.199 e. The van der Waals surface area contributed by atoms with E-state index in [4.69, 9.17) is 0 Å². The average Bonchev–Trinajstić information content (AvgIpc) is 3.48. The van der Waals surface area contributed by atoms with Gasteiger partial charge in [0, 0.05) is 0 Å². The molecule has 8 nitrogen and oxygen atoms in total. The second-order valence-corrected chi connectivity index (χ2v) is 9.97. The van der Waals surface area contributed by atoms with Crippen LogP contribution < -0.4 is 0 Å². The topological polar surface area (TPSA) is 113 Å². The molecule has 2 N–H and O–H groups in total. The van der Waals surface area contributed by atoms with Gasteiger partial charge in [-0.25, -0.2) is 23.1 Å². The van der Waals surface area contributed by atoms with Crippen molar-refractivity contribution in [1.82, 2.24) is 35.3 Å². The van der Waals surface area contributed by atoms with E-state index in [1.807, 2.05) is 13.8 Å². The molecule has 36 heavy (non-hydrogen) atoms. The van der Waals surface area contributed by atoms with Crippen LogP contribution >= 0.6 is 0 Å². The van der Waals surface area contributed by atoms with Gasteiger partial charge in [0.2, 0.25) is 0 Å². The third-order valence-electron chi connectivity index (χ3n) is 7.86. The Labute approximate surface area is 204 Å². The Morgan fingerprint density at radius 1 is 1.03 bits per heavy atom. The van der Waals surface area contributed by atoms with Crippen molar-refractivity contribution in [2.75, 3.05) is 0 Å². The molecule has 2 aliphatic rings. The predicted molar refractivity (Wildman–Crippen MR) is 122 cm³/mol. The van der Waals surface area contributed by atoms with Crippen LogP contribution in [0.25, 0.3) is 22.9 Å². The van der Waals surface area contributed by atoms with Crippen molar-refractivity contribution in [3.63, 3.8) is 0 Å². The molecule has 0 unspecified atom stereocenters. The predicted octanol–water partition coefficient (Wildman–Crippen LogP) is 4.39. The first kappa shape index (κ1) is 22.7. The van der Waals surface area contributed by atoms with Crippen molar-refractivity contribution in [1.29, 1.82) is 0 Å². The number of aromatic nitrogens is 7. The number of hydrogen-bond donors (Lipinski definition) is 2. The lowest BCUT2D eigenvalue weighted by Gasteiger charge is -2.37. The molecule has 3 heterocycles. The van der Waals surface area contributed by atoms with E-state index in [0.29, 0.717) is 12.1 Å². The molecule has 3 aromatic heterocycles. The van der Waals surface area contributed by atoms with Crippen molar-refractivity contribution in [2.45, 2.75) is 51.0 Å². The molecule has 1 fully saturated rings. The number of aliphatic hydroxyl groups excluding tert-OH is 1. The summed E-state index contributed by atoms with van der Waals surface area (Å²) in [4.78, 5) is 11.5. The number of aliphatic hydroxyl groups is 1. The van der Waals surface area contributed by atoms with Crippen LogP contribution in [-0.4, -0.2) is 40.5 Å². The number of nitrogens with one attached hydrogen (secondary N) is 1. The fourth-order valence-electron chi connectivity index (χ4n) is 6.06. The van der Waals surface area contributed by atoms with E-state index in [0.717, 1.165) is 18.2 Å². The van der Waals surface area contributed by atoms with Crippen LogP contribution in [0.5, 0.6) is 0 Å². The van der Waals surface area contributed by atoms with Crippen LogP contribution in [0.2, 0.25) is 0 Å². The maximum absolute atomic E-state index is 15.4. The lowest BCUT2D eigenvalue weighted by atomic mass is 9.66. The van der Waals surface area contributed by atoms with Gasteiger partial charge >= 0.3 is 0 Å². The number of fused-ring (bicyclic) bond motifs is 5. The van der Waals surface area contributed by atoms with Gasteiger partial charge in [0.05, 0.1) is 34.3 Å². The van der Waals surface area contributed by atoms with E-state index < -0.39 is 34.4 Å². The summed E-state index contributed by atoms with van der Waals surface area (Å²) in [6.07, 6.45) is 1.51. The molecule has 0 saturated heterocycles. The van der Waals surface area contributed by atoms with E-state index in [1.54, 1.807) is 6.07 Å². The van der Waals surface area contributed by atoms with Gasteiger partial charge in [0.25, 0.3) is 0 Å². The lowest BCUT2D eigenvalue weighted by Crippen LogP contribution is -2.39. The quantitative estimate of drug-likeness (QED) is 0.433. The molecule has 0 amide bonds. The highest BCUT2D eigenvalue weighted by Gasteiger charge is 2.66. The molecular formula is C25H22F3N7O. The van der Waals surface area contributed by atoms with Crippen molar-refractivity contribution in [3.05, 3.63) is 70.7 Å². The maximum atomic E-state index is 15.4. The van der Waals surface area contributed by atoms with Crippen LogP contribution in [0.15, 0.2) is 30.5 Å². The summed E-state index contributed by atoms with van der Waals surface area (Å²) < 4.78 is 44.4. The SMILES string of the molecule is C[C@H](O)c1nnc(-c2ncc(F)c([C@@]34CC[C@@H](c5cc(-c6c(F)cccc6F)nnc53)C4(C)C)n2)[nH]1. The number of hydrogen-bond acceptors (Lipinski definition) is 7. The third kappa shape index (κ3) is 2.92. The van der Waals surface area contributed by atoms with Gasteiger partial charge in [0.15, 0.2) is 23.3 Å². The number of aromatic amines is 1. The van der Waals surface area contributed by atoms with Gasteiger partial charge in [-0.05, 0) is 54.9 Å². The second-order valence-electron chi connectivity index (χ2n) is 9.97. The largest absolute Gasteiger partial charge is 0.385 e. The average molecular weight is 493 g/mol. The standard InChI is InChI=1S/C25H22F3N7O/c1-11(36)21-31-23(35-34-21)22-29-10-16(28)20(30-22)25-8-7-13(24(25,2)3)12-9-17(32-33-19(12)25)18-14(26)5-4-6-15(18)27/h4-6,9-11,13,36H,7-8H2,1-3H3,(H,31,34,35)/t11-,13-,25+/m0/s1. The van der Waals surface area contributed by atoms with Crippen molar-refractivity contribution >= 4 is 0 Å². The number of H-pyrrole nitrogens is 1. The fraction of sp³-hybridized carbons (Fsp3) is 0.360. The molecule has 0 spiro atoms. The minimum atomic E-state index is -0.929. The summed E-state index contributed by atoms with van der Waals surface area (Å²) in [6.45, 7) is 5.59. The third-order valence-corrected chi connectivity index (χ3v) is 7.86. The molecule has 2 aliphatic carbocycles. The molecule has 184 valence electrons. The van der Waals surface area contributed by atoms with Crippen molar-refractivity contribution in [3.8, 4) is 22.9 Å².